The Labute approximate surface area is 134 Å². The number of benzene rings is 1. The monoisotopic (exact) mass is 301 g/mol. The van der Waals surface area contributed by atoms with Crippen molar-refractivity contribution in [3.8, 4) is 5.75 Å². The van der Waals surface area contributed by atoms with Gasteiger partial charge in [0.05, 0.1) is 6.61 Å². The van der Waals surface area contributed by atoms with Gasteiger partial charge in [0.25, 0.3) is 0 Å². The Kier molecular flexibility index (Phi) is 5.38. The van der Waals surface area contributed by atoms with Crippen LogP contribution in [-0.4, -0.2) is 44.1 Å². The average molecular weight is 301 g/mol. The zero-order valence-corrected chi connectivity index (χ0v) is 13.7. The highest BCUT2D eigenvalue weighted by Gasteiger charge is 2.27. The molecule has 2 rings (SSSR count). The summed E-state index contributed by atoms with van der Waals surface area (Å²) >= 11 is 0. The first-order chi connectivity index (χ1) is 10.3. The highest BCUT2D eigenvalue weighted by molar-refractivity contribution is 6.32. The number of nitrogens with zero attached hydrogens (tertiary/aromatic N) is 1. The van der Waals surface area contributed by atoms with Crippen LogP contribution >= 0.6 is 0 Å². The van der Waals surface area contributed by atoms with Gasteiger partial charge in [-0.05, 0) is 51.7 Å². The lowest BCUT2D eigenvalue weighted by atomic mass is 9.96. The molecular formula is C17H24BNO3. The summed E-state index contributed by atoms with van der Waals surface area (Å²) in [6.07, 6.45) is 1.64. The molecule has 0 spiro atoms. The normalized spacial score (nSPS) is 16.4. The lowest BCUT2D eigenvalue weighted by Crippen LogP contribution is -2.42. The van der Waals surface area contributed by atoms with E-state index in [2.05, 4.69) is 0 Å². The van der Waals surface area contributed by atoms with Gasteiger partial charge in [0.1, 0.15) is 19.2 Å². The van der Waals surface area contributed by atoms with Gasteiger partial charge in [-0.3, -0.25) is 0 Å². The number of carbonyl (C=O) groups is 1. The van der Waals surface area contributed by atoms with Crippen LogP contribution in [0.2, 0.25) is 0 Å². The fraction of sp³-hybridized carbons (Fsp3) is 0.588. The Morgan fingerprint density at radius 3 is 2.59 bits per heavy atom. The van der Waals surface area contributed by atoms with Gasteiger partial charge in [-0.25, -0.2) is 4.79 Å². The molecule has 1 amide bonds. The topological polar surface area (TPSA) is 38.8 Å². The van der Waals surface area contributed by atoms with E-state index in [0.29, 0.717) is 18.0 Å². The summed E-state index contributed by atoms with van der Waals surface area (Å²) in [5.74, 6) is 1.26. The van der Waals surface area contributed by atoms with E-state index in [4.69, 9.17) is 17.3 Å². The van der Waals surface area contributed by atoms with Crippen LogP contribution in [0.15, 0.2) is 24.3 Å². The van der Waals surface area contributed by atoms with Crippen molar-refractivity contribution in [3.05, 3.63) is 24.3 Å². The van der Waals surface area contributed by atoms with E-state index in [0.717, 1.165) is 31.7 Å². The first-order valence-electron chi connectivity index (χ1n) is 7.80. The van der Waals surface area contributed by atoms with Crippen molar-refractivity contribution in [2.24, 2.45) is 5.92 Å². The number of hydrogen-bond donors (Lipinski definition) is 0. The van der Waals surface area contributed by atoms with Crippen molar-refractivity contribution in [2.75, 3.05) is 19.7 Å². The number of hydrogen-bond acceptors (Lipinski definition) is 3. The molecule has 0 bridgehead atoms. The van der Waals surface area contributed by atoms with Gasteiger partial charge in [-0.15, -0.1) is 0 Å². The third-order valence-corrected chi connectivity index (χ3v) is 3.61. The lowest BCUT2D eigenvalue weighted by molar-refractivity contribution is 0.0165. The van der Waals surface area contributed by atoms with Gasteiger partial charge in [-0.2, -0.15) is 0 Å². The molecule has 1 aliphatic heterocycles. The molecule has 0 aromatic heterocycles. The number of amides is 1. The highest BCUT2D eigenvalue weighted by atomic mass is 16.6. The molecule has 0 atom stereocenters. The quantitative estimate of drug-likeness (QED) is 0.805. The Bertz CT molecular complexity index is 505. The molecule has 0 saturated carbocycles. The number of carbonyl (C=O) groups excluding carboxylic acids is 1. The lowest BCUT2D eigenvalue weighted by Gasteiger charge is -2.33. The maximum atomic E-state index is 12.0. The number of piperidine rings is 1. The predicted octanol–water partition coefficient (Wildman–Crippen LogP) is 2.51. The maximum absolute atomic E-state index is 12.0. The molecule has 118 valence electrons. The zero-order valence-electron chi connectivity index (χ0n) is 13.7. The van der Waals surface area contributed by atoms with E-state index in [1.54, 1.807) is 4.90 Å². The summed E-state index contributed by atoms with van der Waals surface area (Å²) in [4.78, 5) is 13.8. The molecule has 1 aromatic rings. The summed E-state index contributed by atoms with van der Waals surface area (Å²) in [7, 11) is 5.73. The molecule has 2 radical (unpaired) electrons. The Morgan fingerprint density at radius 1 is 1.32 bits per heavy atom. The molecule has 5 heteroatoms. The van der Waals surface area contributed by atoms with E-state index >= 15 is 0 Å². The van der Waals surface area contributed by atoms with Gasteiger partial charge in [0, 0.05) is 13.1 Å². The van der Waals surface area contributed by atoms with Gasteiger partial charge >= 0.3 is 6.09 Å². The van der Waals surface area contributed by atoms with Crippen LogP contribution < -0.4 is 10.2 Å². The maximum Gasteiger partial charge on any atom is 0.410 e. The first kappa shape index (κ1) is 16.7. The zero-order chi connectivity index (χ0) is 16.2. The molecule has 0 unspecified atom stereocenters. The van der Waals surface area contributed by atoms with Crippen molar-refractivity contribution >= 4 is 19.4 Å². The summed E-state index contributed by atoms with van der Waals surface area (Å²) in [6.45, 7) is 7.76. The average Bonchev–Trinajstić information content (AvgIpc) is 2.44. The van der Waals surface area contributed by atoms with E-state index in [1.807, 2.05) is 45.0 Å². The van der Waals surface area contributed by atoms with Crippen molar-refractivity contribution in [1.82, 2.24) is 4.90 Å². The second-order valence-corrected chi connectivity index (χ2v) is 6.79. The molecule has 0 N–H and O–H groups in total. The van der Waals surface area contributed by atoms with Crippen molar-refractivity contribution < 1.29 is 14.3 Å². The molecule has 1 aromatic carbocycles. The molecule has 22 heavy (non-hydrogen) atoms. The molecule has 1 heterocycles. The fourth-order valence-electron chi connectivity index (χ4n) is 2.43. The van der Waals surface area contributed by atoms with Crippen molar-refractivity contribution in [3.63, 3.8) is 0 Å². The second kappa shape index (κ2) is 7.08. The van der Waals surface area contributed by atoms with Gasteiger partial charge < -0.3 is 14.4 Å². The Morgan fingerprint density at radius 2 is 2.00 bits per heavy atom. The molecule has 1 aliphatic rings. The standard InChI is InChI=1S/C17H24BNO3/c1-17(2,3)22-16(20)19-9-7-13(8-10-19)12-21-15-6-4-5-14(18)11-15/h4-6,11,13H,7-10,12H2,1-3H3. The molecule has 1 fully saturated rings. The van der Waals surface area contributed by atoms with E-state index < -0.39 is 5.60 Å². The van der Waals surface area contributed by atoms with E-state index in [9.17, 15) is 4.79 Å². The predicted molar refractivity (Wildman–Crippen MR) is 87.9 cm³/mol. The number of rotatable bonds is 3. The molecule has 4 nitrogen and oxygen atoms in total. The molecule has 0 aliphatic carbocycles. The van der Waals surface area contributed by atoms with Crippen molar-refractivity contribution in [2.45, 2.75) is 39.2 Å². The minimum atomic E-state index is -0.440. The molecule has 1 saturated heterocycles. The minimum Gasteiger partial charge on any atom is -0.493 e. The summed E-state index contributed by atoms with van der Waals surface area (Å²) in [6, 6.07) is 7.46. The largest absolute Gasteiger partial charge is 0.493 e. The third kappa shape index (κ3) is 5.28. The third-order valence-electron chi connectivity index (χ3n) is 3.61. The number of ether oxygens (including phenoxy) is 2. The van der Waals surface area contributed by atoms with Gasteiger partial charge in [0.2, 0.25) is 0 Å². The minimum absolute atomic E-state index is 0.220. The van der Waals surface area contributed by atoms with Crippen LogP contribution in [-0.2, 0) is 4.74 Å². The van der Waals surface area contributed by atoms with Gasteiger partial charge in [0.15, 0.2) is 0 Å². The van der Waals surface area contributed by atoms with Crippen molar-refractivity contribution in [1.29, 1.82) is 0 Å². The van der Waals surface area contributed by atoms with Crippen LogP contribution in [0, 0.1) is 5.92 Å². The summed E-state index contributed by atoms with van der Waals surface area (Å²) < 4.78 is 11.2. The van der Waals surface area contributed by atoms with Crippen LogP contribution in [0.3, 0.4) is 0 Å². The molecular weight excluding hydrogens is 277 g/mol. The van der Waals surface area contributed by atoms with Crippen LogP contribution in [0.25, 0.3) is 0 Å². The Balaban J connectivity index is 1.74. The summed E-state index contributed by atoms with van der Waals surface area (Å²) in [5.41, 5.74) is 0.266. The smallest absolute Gasteiger partial charge is 0.410 e. The second-order valence-electron chi connectivity index (χ2n) is 6.79. The van der Waals surface area contributed by atoms with E-state index in [1.165, 1.54) is 0 Å². The number of likely N-dealkylation sites (tertiary alicyclic amines) is 1. The fourth-order valence-corrected chi connectivity index (χ4v) is 2.43. The Hall–Kier alpha value is -1.65. The van der Waals surface area contributed by atoms with E-state index in [-0.39, 0.29) is 6.09 Å². The first-order valence-corrected chi connectivity index (χ1v) is 7.80. The van der Waals surface area contributed by atoms with Crippen LogP contribution in [0.4, 0.5) is 4.79 Å². The van der Waals surface area contributed by atoms with Crippen LogP contribution in [0.1, 0.15) is 33.6 Å². The summed E-state index contributed by atoms with van der Waals surface area (Å²) in [5, 5.41) is 0. The van der Waals surface area contributed by atoms with Gasteiger partial charge in [-0.1, -0.05) is 17.6 Å². The SMILES string of the molecule is [B]c1cccc(OCC2CCN(C(=O)OC(C)(C)C)CC2)c1. The van der Waals surface area contributed by atoms with Crippen LogP contribution in [0.5, 0.6) is 5.75 Å². The highest BCUT2D eigenvalue weighted by Crippen LogP contribution is 2.21.